The lowest BCUT2D eigenvalue weighted by atomic mass is 9.73. The monoisotopic (exact) mass is 413 g/mol. The molecule has 160 valence electrons. The van der Waals surface area contributed by atoms with Crippen LogP contribution in [-0.2, 0) is 32.1 Å². The Labute approximate surface area is 175 Å². The van der Waals surface area contributed by atoms with Crippen LogP contribution >= 0.6 is 0 Å². The predicted octanol–water partition coefficient (Wildman–Crippen LogP) is 1.62. The molecule has 1 spiro atoms. The van der Waals surface area contributed by atoms with Crippen LogP contribution in [0.2, 0.25) is 0 Å². The molecule has 1 saturated heterocycles. The highest BCUT2D eigenvalue weighted by molar-refractivity contribution is 6.09. The van der Waals surface area contributed by atoms with Gasteiger partial charge in [0.05, 0.1) is 0 Å². The minimum absolute atomic E-state index is 0.0206. The van der Waals surface area contributed by atoms with Gasteiger partial charge in [0.2, 0.25) is 0 Å². The Balaban J connectivity index is 1.30. The first-order valence-corrected chi connectivity index (χ1v) is 10.5. The van der Waals surface area contributed by atoms with Crippen LogP contribution < -0.4 is 5.32 Å². The van der Waals surface area contributed by atoms with Gasteiger partial charge in [-0.1, -0.05) is 44.0 Å². The van der Waals surface area contributed by atoms with E-state index in [-0.39, 0.29) is 17.7 Å². The van der Waals surface area contributed by atoms with Gasteiger partial charge in [0.1, 0.15) is 12.1 Å². The lowest BCUT2D eigenvalue weighted by Crippen LogP contribution is -2.54. The lowest BCUT2D eigenvalue weighted by Gasteiger charge is -2.36. The molecule has 0 bridgehead atoms. The summed E-state index contributed by atoms with van der Waals surface area (Å²) in [6.07, 6.45) is 4.09. The van der Waals surface area contributed by atoms with Gasteiger partial charge in [-0.2, -0.15) is 0 Å². The molecule has 1 N–H and O–H groups in total. The van der Waals surface area contributed by atoms with Gasteiger partial charge >= 0.3 is 12.0 Å². The zero-order valence-electron chi connectivity index (χ0n) is 17.2. The molecule has 1 aromatic rings. The SMILES string of the molecule is C[C@@H]1CCCC[C@@]12NC(=O)N(CC(=O)OCC(=O)N1CCc3ccccc3C1)C2=O. The number of imide groups is 1. The smallest absolute Gasteiger partial charge is 0.326 e. The summed E-state index contributed by atoms with van der Waals surface area (Å²) in [5.74, 6) is -1.39. The summed E-state index contributed by atoms with van der Waals surface area (Å²) in [4.78, 5) is 52.5. The second kappa shape index (κ2) is 8.08. The summed E-state index contributed by atoms with van der Waals surface area (Å²) in [6, 6.07) is 7.39. The van der Waals surface area contributed by atoms with Crippen molar-refractivity contribution in [1.82, 2.24) is 15.1 Å². The topological polar surface area (TPSA) is 96.0 Å². The number of carbonyl (C=O) groups is 4. The zero-order valence-corrected chi connectivity index (χ0v) is 17.2. The molecule has 1 saturated carbocycles. The Morgan fingerprint density at radius 3 is 2.73 bits per heavy atom. The molecule has 0 aromatic heterocycles. The standard InChI is InChI=1S/C22H27N3O5/c1-15-6-4-5-10-22(15)20(28)25(21(29)23-22)13-19(27)30-14-18(26)24-11-9-16-7-2-3-8-17(16)12-24/h2-3,7-8,15H,4-6,9-14H2,1H3,(H,23,29)/t15-,22-/m1/s1. The molecule has 8 nitrogen and oxygen atoms in total. The second-order valence-electron chi connectivity index (χ2n) is 8.43. The number of rotatable bonds is 4. The zero-order chi connectivity index (χ0) is 21.3. The fourth-order valence-corrected chi connectivity index (χ4v) is 4.76. The first-order chi connectivity index (χ1) is 14.4. The van der Waals surface area contributed by atoms with Crippen LogP contribution in [-0.4, -0.2) is 58.8 Å². The maximum absolute atomic E-state index is 12.9. The van der Waals surface area contributed by atoms with Crippen LogP contribution in [0.4, 0.5) is 4.79 Å². The molecule has 2 fully saturated rings. The van der Waals surface area contributed by atoms with E-state index in [1.807, 2.05) is 25.1 Å². The Morgan fingerprint density at radius 2 is 1.97 bits per heavy atom. The summed E-state index contributed by atoms with van der Waals surface area (Å²) < 4.78 is 5.10. The quantitative estimate of drug-likeness (QED) is 0.598. The molecule has 1 aromatic carbocycles. The number of benzene rings is 1. The summed E-state index contributed by atoms with van der Waals surface area (Å²) >= 11 is 0. The van der Waals surface area contributed by atoms with E-state index in [0.29, 0.717) is 19.5 Å². The van der Waals surface area contributed by atoms with E-state index in [1.165, 1.54) is 5.56 Å². The van der Waals surface area contributed by atoms with Gasteiger partial charge < -0.3 is 15.0 Å². The van der Waals surface area contributed by atoms with Gasteiger partial charge in [-0.25, -0.2) is 4.79 Å². The average molecular weight is 413 g/mol. The lowest BCUT2D eigenvalue weighted by molar-refractivity contribution is -0.154. The fraction of sp³-hybridized carbons (Fsp3) is 0.545. The van der Waals surface area contributed by atoms with Crippen LogP contribution in [0.3, 0.4) is 0 Å². The van der Waals surface area contributed by atoms with Crippen LogP contribution in [0.25, 0.3) is 0 Å². The van der Waals surface area contributed by atoms with Crippen molar-refractivity contribution in [3.63, 3.8) is 0 Å². The van der Waals surface area contributed by atoms with Crippen molar-refractivity contribution in [3.8, 4) is 0 Å². The van der Waals surface area contributed by atoms with Gasteiger partial charge in [0.25, 0.3) is 11.8 Å². The van der Waals surface area contributed by atoms with Crippen molar-refractivity contribution in [1.29, 1.82) is 0 Å². The summed E-state index contributed by atoms with van der Waals surface area (Å²) in [6.45, 7) is 2.14. The molecular formula is C22H27N3O5. The van der Waals surface area contributed by atoms with E-state index < -0.39 is 30.7 Å². The second-order valence-corrected chi connectivity index (χ2v) is 8.43. The van der Waals surface area contributed by atoms with E-state index in [2.05, 4.69) is 11.4 Å². The highest BCUT2D eigenvalue weighted by Gasteiger charge is 2.55. The maximum atomic E-state index is 12.9. The molecule has 0 unspecified atom stereocenters. The molecule has 4 rings (SSSR count). The van der Waals surface area contributed by atoms with Crippen molar-refractivity contribution in [2.45, 2.75) is 51.1 Å². The predicted molar refractivity (Wildman–Crippen MR) is 107 cm³/mol. The van der Waals surface area contributed by atoms with Crippen LogP contribution in [0.15, 0.2) is 24.3 Å². The van der Waals surface area contributed by atoms with Crippen LogP contribution in [0.5, 0.6) is 0 Å². The van der Waals surface area contributed by atoms with E-state index >= 15 is 0 Å². The van der Waals surface area contributed by atoms with Crippen molar-refractivity contribution in [2.24, 2.45) is 5.92 Å². The molecule has 2 aliphatic heterocycles. The third kappa shape index (κ3) is 3.66. The van der Waals surface area contributed by atoms with E-state index in [0.717, 1.165) is 36.1 Å². The third-order valence-corrected chi connectivity index (χ3v) is 6.63. The molecular weight excluding hydrogens is 386 g/mol. The van der Waals surface area contributed by atoms with E-state index in [1.54, 1.807) is 4.90 Å². The minimum atomic E-state index is -0.910. The molecule has 2 atom stereocenters. The number of ether oxygens (including phenoxy) is 1. The van der Waals surface area contributed by atoms with Gasteiger partial charge in [-0.3, -0.25) is 19.3 Å². The number of esters is 1. The number of hydrogen-bond acceptors (Lipinski definition) is 5. The van der Waals surface area contributed by atoms with Gasteiger partial charge in [0, 0.05) is 13.1 Å². The van der Waals surface area contributed by atoms with Crippen molar-refractivity contribution >= 4 is 23.8 Å². The first kappa shape index (κ1) is 20.4. The normalized spacial score (nSPS) is 25.8. The molecule has 8 heteroatoms. The largest absolute Gasteiger partial charge is 0.454 e. The van der Waals surface area contributed by atoms with Gasteiger partial charge in [-0.05, 0) is 36.3 Å². The number of hydrogen-bond donors (Lipinski definition) is 1. The minimum Gasteiger partial charge on any atom is -0.454 e. The Bertz CT molecular complexity index is 885. The number of amides is 4. The number of nitrogens with one attached hydrogen (secondary N) is 1. The maximum Gasteiger partial charge on any atom is 0.326 e. The molecule has 30 heavy (non-hydrogen) atoms. The highest BCUT2D eigenvalue weighted by Crippen LogP contribution is 2.38. The Hall–Kier alpha value is -2.90. The summed E-state index contributed by atoms with van der Waals surface area (Å²) in [5.41, 5.74) is 1.41. The number of nitrogens with zero attached hydrogens (tertiary/aromatic N) is 2. The van der Waals surface area contributed by atoms with Crippen molar-refractivity contribution in [3.05, 3.63) is 35.4 Å². The molecule has 1 aliphatic carbocycles. The Morgan fingerprint density at radius 1 is 1.20 bits per heavy atom. The van der Waals surface area contributed by atoms with E-state index in [4.69, 9.17) is 4.74 Å². The van der Waals surface area contributed by atoms with Crippen LogP contribution in [0.1, 0.15) is 43.7 Å². The summed E-state index contributed by atoms with van der Waals surface area (Å²) in [5, 5.41) is 2.80. The third-order valence-electron chi connectivity index (χ3n) is 6.63. The van der Waals surface area contributed by atoms with Gasteiger partial charge in [0.15, 0.2) is 6.61 Å². The highest BCUT2D eigenvalue weighted by atomic mass is 16.5. The van der Waals surface area contributed by atoms with Crippen molar-refractivity contribution < 1.29 is 23.9 Å². The fourth-order valence-electron chi connectivity index (χ4n) is 4.76. The van der Waals surface area contributed by atoms with E-state index in [9.17, 15) is 19.2 Å². The number of fused-ring (bicyclic) bond motifs is 1. The van der Waals surface area contributed by atoms with Crippen molar-refractivity contribution in [2.75, 3.05) is 19.7 Å². The van der Waals surface area contributed by atoms with Crippen LogP contribution in [0, 0.1) is 5.92 Å². The van der Waals surface area contributed by atoms with Gasteiger partial charge in [-0.15, -0.1) is 0 Å². The number of carbonyl (C=O) groups excluding carboxylic acids is 4. The average Bonchev–Trinajstić information content (AvgIpc) is 2.98. The first-order valence-electron chi connectivity index (χ1n) is 10.5. The molecule has 2 heterocycles. The summed E-state index contributed by atoms with van der Waals surface area (Å²) in [7, 11) is 0. The molecule has 4 amide bonds. The Kier molecular flexibility index (Phi) is 5.49. The molecule has 3 aliphatic rings. The number of urea groups is 1. The molecule has 0 radical (unpaired) electrons.